The maximum Gasteiger partial charge on any atom is 0.105 e. The van der Waals surface area contributed by atoms with Crippen molar-refractivity contribution in [2.75, 3.05) is 26.0 Å². The van der Waals surface area contributed by atoms with E-state index in [9.17, 15) is 0 Å². The van der Waals surface area contributed by atoms with Crippen molar-refractivity contribution in [2.45, 2.75) is 18.9 Å². The van der Waals surface area contributed by atoms with Crippen LogP contribution in [0, 0.1) is 0 Å². The predicted molar refractivity (Wildman–Crippen MR) is 54.6 cm³/mol. The Morgan fingerprint density at radius 3 is 3.08 bits per heavy atom. The highest BCUT2D eigenvalue weighted by Gasteiger charge is 2.26. The maximum atomic E-state index is 5.15. The Kier molecular flexibility index (Phi) is 3.95. The zero-order chi connectivity index (χ0) is 8.97. The number of nitrogens with zero attached hydrogens (tertiary/aromatic N) is 1. The standard InChI is InChI=1S/C9H17NOS/c1-8(11-2)9-4-3-5-10(9)6-7-12/h9,12H,1,3-7H2,2H3. The first kappa shape index (κ1) is 9.93. The molecule has 0 aromatic carbocycles. The molecule has 3 heteroatoms. The minimum absolute atomic E-state index is 0.433. The fourth-order valence-electron chi connectivity index (χ4n) is 1.72. The number of hydrogen-bond donors (Lipinski definition) is 1. The molecule has 0 aromatic rings. The molecule has 0 N–H and O–H groups in total. The van der Waals surface area contributed by atoms with E-state index in [4.69, 9.17) is 4.74 Å². The molecule has 0 aliphatic carbocycles. The Bertz CT molecular complexity index is 161. The minimum Gasteiger partial charge on any atom is -0.500 e. The van der Waals surface area contributed by atoms with Gasteiger partial charge in [0, 0.05) is 12.3 Å². The Labute approximate surface area is 80.0 Å². The fourth-order valence-corrected chi connectivity index (χ4v) is 1.98. The van der Waals surface area contributed by atoms with Crippen molar-refractivity contribution in [1.82, 2.24) is 4.90 Å². The van der Waals surface area contributed by atoms with Crippen LogP contribution in [0.3, 0.4) is 0 Å². The lowest BCUT2D eigenvalue weighted by atomic mass is 10.2. The molecule has 1 unspecified atom stereocenters. The third kappa shape index (κ3) is 2.17. The number of methoxy groups -OCH3 is 1. The highest BCUT2D eigenvalue weighted by molar-refractivity contribution is 7.80. The highest BCUT2D eigenvalue weighted by atomic mass is 32.1. The lowest BCUT2D eigenvalue weighted by Crippen LogP contribution is -2.32. The number of rotatable bonds is 4. The monoisotopic (exact) mass is 187 g/mol. The van der Waals surface area contributed by atoms with Gasteiger partial charge in [-0.05, 0) is 19.4 Å². The number of ether oxygens (including phenoxy) is 1. The first-order valence-corrected chi connectivity index (χ1v) is 5.00. The molecule has 1 saturated heterocycles. The molecule has 1 heterocycles. The number of hydrogen-bond acceptors (Lipinski definition) is 3. The SMILES string of the molecule is C=C(OC)C1CCCN1CCS. The van der Waals surface area contributed by atoms with E-state index in [1.165, 1.54) is 12.8 Å². The molecule has 0 radical (unpaired) electrons. The zero-order valence-corrected chi connectivity index (χ0v) is 8.52. The average molecular weight is 187 g/mol. The summed E-state index contributed by atoms with van der Waals surface area (Å²) in [6.45, 7) is 6.10. The lowest BCUT2D eigenvalue weighted by molar-refractivity contribution is 0.192. The van der Waals surface area contributed by atoms with Gasteiger partial charge in [-0.2, -0.15) is 12.6 Å². The Morgan fingerprint density at radius 1 is 1.75 bits per heavy atom. The van der Waals surface area contributed by atoms with Gasteiger partial charge in [0.1, 0.15) is 5.76 Å². The number of likely N-dealkylation sites (tertiary alicyclic amines) is 1. The normalized spacial score (nSPS) is 24.3. The molecule has 70 valence electrons. The molecule has 1 aliphatic rings. The summed E-state index contributed by atoms with van der Waals surface area (Å²) in [6.07, 6.45) is 2.43. The summed E-state index contributed by atoms with van der Waals surface area (Å²) in [7, 11) is 1.69. The van der Waals surface area contributed by atoms with Gasteiger partial charge in [0.05, 0.1) is 13.2 Å². The van der Waals surface area contributed by atoms with E-state index in [1.807, 2.05) is 0 Å². The summed E-state index contributed by atoms with van der Waals surface area (Å²) < 4.78 is 5.15. The van der Waals surface area contributed by atoms with E-state index in [2.05, 4.69) is 24.1 Å². The first-order valence-electron chi connectivity index (χ1n) is 4.37. The molecule has 0 bridgehead atoms. The van der Waals surface area contributed by atoms with E-state index < -0.39 is 0 Å². The number of thiol groups is 1. The first-order chi connectivity index (χ1) is 5.79. The van der Waals surface area contributed by atoms with Crippen LogP contribution in [0.25, 0.3) is 0 Å². The molecule has 1 rings (SSSR count). The maximum absolute atomic E-state index is 5.15. The van der Waals surface area contributed by atoms with Crippen LogP contribution in [-0.2, 0) is 4.74 Å². The van der Waals surface area contributed by atoms with Gasteiger partial charge in [0.15, 0.2) is 0 Å². The van der Waals surface area contributed by atoms with Gasteiger partial charge in [-0.3, -0.25) is 4.90 Å². The third-order valence-electron chi connectivity index (χ3n) is 2.38. The van der Waals surface area contributed by atoms with Crippen molar-refractivity contribution in [3.05, 3.63) is 12.3 Å². The van der Waals surface area contributed by atoms with Gasteiger partial charge in [-0.25, -0.2) is 0 Å². The molecular formula is C9H17NOS. The summed E-state index contributed by atoms with van der Waals surface area (Å²) in [6, 6.07) is 0.433. The van der Waals surface area contributed by atoms with Crippen LogP contribution < -0.4 is 0 Å². The van der Waals surface area contributed by atoms with Crippen molar-refractivity contribution in [2.24, 2.45) is 0 Å². The largest absolute Gasteiger partial charge is 0.500 e. The van der Waals surface area contributed by atoms with E-state index >= 15 is 0 Å². The lowest BCUT2D eigenvalue weighted by Gasteiger charge is -2.24. The van der Waals surface area contributed by atoms with Gasteiger partial charge in [-0.1, -0.05) is 6.58 Å². The quantitative estimate of drug-likeness (QED) is 0.529. The van der Waals surface area contributed by atoms with E-state index in [-0.39, 0.29) is 0 Å². The van der Waals surface area contributed by atoms with Gasteiger partial charge in [0.2, 0.25) is 0 Å². The summed E-state index contributed by atoms with van der Waals surface area (Å²) in [5.74, 6) is 1.81. The molecular weight excluding hydrogens is 170 g/mol. The van der Waals surface area contributed by atoms with E-state index in [1.54, 1.807) is 7.11 Å². The molecule has 0 saturated carbocycles. The molecule has 1 fully saturated rings. The van der Waals surface area contributed by atoms with E-state index in [0.29, 0.717) is 6.04 Å². The second-order valence-electron chi connectivity index (χ2n) is 3.09. The Balaban J connectivity index is 2.45. The van der Waals surface area contributed by atoms with Crippen molar-refractivity contribution >= 4 is 12.6 Å². The van der Waals surface area contributed by atoms with Crippen LogP contribution in [0.15, 0.2) is 12.3 Å². The van der Waals surface area contributed by atoms with Gasteiger partial charge in [-0.15, -0.1) is 0 Å². The summed E-state index contributed by atoms with van der Waals surface area (Å²) >= 11 is 4.22. The molecule has 0 aromatic heterocycles. The van der Waals surface area contributed by atoms with Crippen molar-refractivity contribution in [3.8, 4) is 0 Å². The average Bonchev–Trinajstić information content (AvgIpc) is 2.52. The molecule has 12 heavy (non-hydrogen) atoms. The van der Waals surface area contributed by atoms with Crippen LogP contribution in [-0.4, -0.2) is 36.9 Å². The smallest absolute Gasteiger partial charge is 0.105 e. The third-order valence-corrected chi connectivity index (χ3v) is 2.58. The van der Waals surface area contributed by atoms with Crippen molar-refractivity contribution < 1.29 is 4.74 Å². The van der Waals surface area contributed by atoms with Crippen LogP contribution >= 0.6 is 12.6 Å². The van der Waals surface area contributed by atoms with Crippen LogP contribution in [0.1, 0.15) is 12.8 Å². The predicted octanol–water partition coefficient (Wildman–Crippen LogP) is 1.54. The summed E-state index contributed by atoms with van der Waals surface area (Å²) in [5, 5.41) is 0. The van der Waals surface area contributed by atoms with Crippen molar-refractivity contribution in [1.29, 1.82) is 0 Å². The van der Waals surface area contributed by atoms with E-state index in [0.717, 1.165) is 24.6 Å². The van der Waals surface area contributed by atoms with Crippen LogP contribution in [0.5, 0.6) is 0 Å². The van der Waals surface area contributed by atoms with Gasteiger partial charge < -0.3 is 4.74 Å². The molecule has 1 aliphatic heterocycles. The summed E-state index contributed by atoms with van der Waals surface area (Å²) in [5.41, 5.74) is 0. The fraction of sp³-hybridized carbons (Fsp3) is 0.778. The molecule has 1 atom stereocenters. The minimum atomic E-state index is 0.433. The molecule has 2 nitrogen and oxygen atoms in total. The summed E-state index contributed by atoms with van der Waals surface area (Å²) in [4.78, 5) is 2.39. The van der Waals surface area contributed by atoms with Gasteiger partial charge in [0.25, 0.3) is 0 Å². The van der Waals surface area contributed by atoms with Crippen LogP contribution in [0.2, 0.25) is 0 Å². The molecule has 0 spiro atoms. The topological polar surface area (TPSA) is 12.5 Å². The second-order valence-corrected chi connectivity index (χ2v) is 3.54. The van der Waals surface area contributed by atoms with Gasteiger partial charge >= 0.3 is 0 Å². The van der Waals surface area contributed by atoms with Crippen LogP contribution in [0.4, 0.5) is 0 Å². The van der Waals surface area contributed by atoms with Crippen molar-refractivity contribution in [3.63, 3.8) is 0 Å². The molecule has 0 amide bonds. The zero-order valence-electron chi connectivity index (χ0n) is 7.62. The highest BCUT2D eigenvalue weighted by Crippen LogP contribution is 2.22. The Morgan fingerprint density at radius 2 is 2.50 bits per heavy atom. The Hall–Kier alpha value is -0.150. The second kappa shape index (κ2) is 4.77.